The second kappa shape index (κ2) is 6.28. The summed E-state index contributed by atoms with van der Waals surface area (Å²) in [6.45, 7) is 4.56. The van der Waals surface area contributed by atoms with E-state index in [-0.39, 0.29) is 0 Å². The lowest BCUT2D eigenvalue weighted by molar-refractivity contribution is 0.413. The van der Waals surface area contributed by atoms with E-state index in [0.717, 1.165) is 51.0 Å². The van der Waals surface area contributed by atoms with Gasteiger partial charge in [0.15, 0.2) is 17.5 Å². The molecule has 0 spiro atoms. The highest BCUT2D eigenvalue weighted by molar-refractivity contribution is 5.47. The van der Waals surface area contributed by atoms with E-state index in [0.29, 0.717) is 11.7 Å². The molecule has 19 heavy (non-hydrogen) atoms. The molecule has 0 aliphatic carbocycles. The average molecular weight is 272 g/mol. The Morgan fingerprint density at radius 2 is 1.74 bits per heavy atom. The zero-order chi connectivity index (χ0) is 13.8. The van der Waals surface area contributed by atoms with Crippen molar-refractivity contribution in [2.45, 2.75) is 32.2 Å². The van der Waals surface area contributed by atoms with Crippen LogP contribution in [-0.2, 0) is 0 Å². The summed E-state index contributed by atoms with van der Waals surface area (Å²) in [7, 11) is 0. The summed E-state index contributed by atoms with van der Waals surface area (Å²) in [5.74, 6) is -3.65. The molecule has 1 heterocycles. The summed E-state index contributed by atoms with van der Waals surface area (Å²) in [5, 5.41) is 3.44. The Bertz CT molecular complexity index is 406. The first-order chi connectivity index (χ1) is 9.11. The van der Waals surface area contributed by atoms with E-state index >= 15 is 0 Å². The summed E-state index contributed by atoms with van der Waals surface area (Å²) in [4.78, 5) is 1.90. The first kappa shape index (κ1) is 14.2. The van der Waals surface area contributed by atoms with Crippen molar-refractivity contribution in [3.05, 3.63) is 29.6 Å². The molecule has 1 saturated heterocycles. The second-order valence-corrected chi connectivity index (χ2v) is 4.94. The third-order valence-corrected chi connectivity index (χ3v) is 3.51. The van der Waals surface area contributed by atoms with Gasteiger partial charge in [0.05, 0.1) is 0 Å². The fraction of sp³-hybridized carbons (Fsp3) is 0.571. The van der Waals surface area contributed by atoms with E-state index < -0.39 is 17.5 Å². The van der Waals surface area contributed by atoms with E-state index in [1.807, 2.05) is 4.90 Å². The molecule has 1 aliphatic heterocycles. The maximum absolute atomic E-state index is 13.2. The Labute approximate surface area is 111 Å². The van der Waals surface area contributed by atoms with Gasteiger partial charge in [-0.2, -0.15) is 0 Å². The fourth-order valence-corrected chi connectivity index (χ4v) is 2.41. The molecule has 106 valence electrons. The van der Waals surface area contributed by atoms with Crippen LogP contribution in [0.5, 0.6) is 0 Å². The van der Waals surface area contributed by atoms with Gasteiger partial charge in [-0.3, -0.25) is 0 Å². The lowest BCUT2D eigenvalue weighted by atomic mass is 10.0. The van der Waals surface area contributed by atoms with Crippen molar-refractivity contribution in [1.29, 1.82) is 0 Å². The predicted molar refractivity (Wildman–Crippen MR) is 69.8 cm³/mol. The van der Waals surface area contributed by atoms with Gasteiger partial charge >= 0.3 is 0 Å². The number of nitrogens with one attached hydrogen (secondary N) is 1. The summed E-state index contributed by atoms with van der Waals surface area (Å²) in [5.41, 5.74) is 0.422. The van der Waals surface area contributed by atoms with Crippen molar-refractivity contribution in [3.8, 4) is 0 Å². The van der Waals surface area contributed by atoms with Crippen molar-refractivity contribution in [3.63, 3.8) is 0 Å². The first-order valence-corrected chi connectivity index (χ1v) is 6.74. The van der Waals surface area contributed by atoms with Crippen molar-refractivity contribution >= 4 is 5.69 Å². The number of nitrogens with zero attached hydrogens (tertiary/aromatic N) is 1. The van der Waals surface area contributed by atoms with Crippen molar-refractivity contribution in [2.75, 3.05) is 24.5 Å². The number of hydrogen-bond acceptors (Lipinski definition) is 2. The number of anilines is 1. The lowest BCUT2D eigenvalue weighted by Crippen LogP contribution is -2.42. The minimum Gasteiger partial charge on any atom is -0.371 e. The van der Waals surface area contributed by atoms with Crippen LogP contribution in [0.3, 0.4) is 0 Å². The normalized spacial score (nSPS) is 16.9. The summed E-state index contributed by atoms with van der Waals surface area (Å²) >= 11 is 0. The number of piperidine rings is 1. The van der Waals surface area contributed by atoms with Crippen molar-refractivity contribution in [2.24, 2.45) is 0 Å². The van der Waals surface area contributed by atoms with Crippen LogP contribution in [0.15, 0.2) is 12.1 Å². The zero-order valence-corrected chi connectivity index (χ0v) is 11.1. The molecule has 0 radical (unpaired) electrons. The molecule has 1 fully saturated rings. The summed E-state index contributed by atoms with van der Waals surface area (Å²) in [6.07, 6.45) is 2.95. The molecule has 1 aromatic carbocycles. The highest BCUT2D eigenvalue weighted by Crippen LogP contribution is 2.24. The van der Waals surface area contributed by atoms with Crippen LogP contribution in [0, 0.1) is 17.5 Å². The van der Waals surface area contributed by atoms with Gasteiger partial charge in [0.25, 0.3) is 0 Å². The molecule has 2 rings (SSSR count). The van der Waals surface area contributed by atoms with Crippen LogP contribution in [-0.4, -0.2) is 25.7 Å². The van der Waals surface area contributed by atoms with Crippen LogP contribution in [0.25, 0.3) is 0 Å². The molecule has 1 N–H and O–H groups in total. The molecule has 1 aliphatic rings. The highest BCUT2D eigenvalue weighted by atomic mass is 19.2. The van der Waals surface area contributed by atoms with Gasteiger partial charge in [0.1, 0.15) is 0 Å². The van der Waals surface area contributed by atoms with Gasteiger partial charge in [0.2, 0.25) is 0 Å². The molecule has 0 amide bonds. The second-order valence-electron chi connectivity index (χ2n) is 4.94. The molecule has 2 nitrogen and oxygen atoms in total. The number of halogens is 3. The summed E-state index contributed by atoms with van der Waals surface area (Å²) < 4.78 is 39.3. The van der Waals surface area contributed by atoms with E-state index in [9.17, 15) is 13.2 Å². The highest BCUT2D eigenvalue weighted by Gasteiger charge is 2.21. The Kier molecular flexibility index (Phi) is 4.69. The predicted octanol–water partition coefficient (Wildman–Crippen LogP) is 3.07. The van der Waals surface area contributed by atoms with E-state index in [4.69, 9.17) is 0 Å². The monoisotopic (exact) mass is 272 g/mol. The Morgan fingerprint density at radius 3 is 2.26 bits per heavy atom. The number of hydrogen-bond donors (Lipinski definition) is 1. The van der Waals surface area contributed by atoms with E-state index in [2.05, 4.69) is 12.2 Å². The Hall–Kier alpha value is -1.23. The van der Waals surface area contributed by atoms with Crippen molar-refractivity contribution in [1.82, 2.24) is 5.32 Å². The van der Waals surface area contributed by atoms with Crippen LogP contribution in [0.1, 0.15) is 26.2 Å². The topological polar surface area (TPSA) is 15.3 Å². The molecular formula is C14H19F3N2. The largest absolute Gasteiger partial charge is 0.371 e. The Morgan fingerprint density at radius 1 is 1.16 bits per heavy atom. The standard InChI is InChI=1S/C14H19F3N2/c1-2-5-18-10-3-6-19(7-4-10)11-8-12(15)14(17)13(16)9-11/h8-10,18H,2-7H2,1H3. The molecular weight excluding hydrogens is 253 g/mol. The maximum atomic E-state index is 13.2. The molecule has 0 atom stereocenters. The smallest absolute Gasteiger partial charge is 0.194 e. The van der Waals surface area contributed by atoms with Crippen LogP contribution in [0.2, 0.25) is 0 Å². The van der Waals surface area contributed by atoms with Crippen molar-refractivity contribution < 1.29 is 13.2 Å². The minimum absolute atomic E-state index is 0.422. The van der Waals surface area contributed by atoms with E-state index in [1.165, 1.54) is 0 Å². The van der Waals surface area contributed by atoms with Gasteiger partial charge < -0.3 is 10.2 Å². The molecule has 0 unspecified atom stereocenters. The fourth-order valence-electron chi connectivity index (χ4n) is 2.41. The third-order valence-electron chi connectivity index (χ3n) is 3.51. The molecule has 0 bridgehead atoms. The number of rotatable bonds is 4. The van der Waals surface area contributed by atoms with Crippen LogP contribution < -0.4 is 10.2 Å². The van der Waals surface area contributed by atoms with Crippen LogP contribution in [0.4, 0.5) is 18.9 Å². The molecule has 1 aromatic rings. The first-order valence-electron chi connectivity index (χ1n) is 6.74. The van der Waals surface area contributed by atoms with Gasteiger partial charge in [-0.15, -0.1) is 0 Å². The van der Waals surface area contributed by atoms with Gasteiger partial charge in [-0.25, -0.2) is 13.2 Å². The average Bonchev–Trinajstić information content (AvgIpc) is 2.42. The van der Waals surface area contributed by atoms with Gasteiger partial charge in [-0.05, 0) is 25.8 Å². The third kappa shape index (κ3) is 3.41. The van der Waals surface area contributed by atoms with Crippen LogP contribution >= 0.6 is 0 Å². The summed E-state index contributed by atoms with van der Waals surface area (Å²) in [6, 6.07) is 2.60. The van der Waals surface area contributed by atoms with E-state index in [1.54, 1.807) is 0 Å². The number of benzene rings is 1. The minimum atomic E-state index is -1.40. The Balaban J connectivity index is 1.98. The molecule has 5 heteroatoms. The zero-order valence-electron chi connectivity index (χ0n) is 11.1. The van der Waals surface area contributed by atoms with Gasteiger partial charge in [-0.1, -0.05) is 6.92 Å². The molecule has 0 saturated carbocycles. The maximum Gasteiger partial charge on any atom is 0.194 e. The van der Waals surface area contributed by atoms with Gasteiger partial charge in [0, 0.05) is 37.0 Å². The quantitative estimate of drug-likeness (QED) is 0.847. The molecule has 0 aromatic heterocycles. The SMILES string of the molecule is CCCNC1CCN(c2cc(F)c(F)c(F)c2)CC1. The lowest BCUT2D eigenvalue weighted by Gasteiger charge is -2.34.